The second-order valence-electron chi connectivity index (χ2n) is 5.14. The third-order valence-electron chi connectivity index (χ3n) is 3.38. The van der Waals surface area contributed by atoms with Crippen molar-refractivity contribution in [3.8, 4) is 11.8 Å². The molecule has 0 spiro atoms. The van der Waals surface area contributed by atoms with Gasteiger partial charge in [-0.3, -0.25) is 0 Å². The molecule has 3 rings (SSSR count). The van der Waals surface area contributed by atoms with Crippen molar-refractivity contribution >= 4 is 0 Å². The standard InChI is InChI=1S/C15H15N3O2/c1-10(6-7-16)8-14-17-15(18-20-14)13-9-11-4-2-3-5-12(11)19-13/h2-5,10,13H,6,8-9H2,1H3. The lowest BCUT2D eigenvalue weighted by molar-refractivity contribution is 0.221. The third kappa shape index (κ3) is 2.50. The molecule has 5 nitrogen and oxygen atoms in total. The van der Waals surface area contributed by atoms with E-state index in [9.17, 15) is 0 Å². The molecule has 1 aromatic carbocycles. The molecule has 0 saturated heterocycles. The van der Waals surface area contributed by atoms with Crippen LogP contribution in [0.15, 0.2) is 28.8 Å². The summed E-state index contributed by atoms with van der Waals surface area (Å²) in [5.41, 5.74) is 1.17. The van der Waals surface area contributed by atoms with Crippen LogP contribution in [0.1, 0.15) is 36.7 Å². The number of hydrogen-bond donors (Lipinski definition) is 0. The van der Waals surface area contributed by atoms with Gasteiger partial charge in [-0.05, 0) is 17.5 Å². The van der Waals surface area contributed by atoms with Crippen LogP contribution >= 0.6 is 0 Å². The molecule has 0 amide bonds. The second kappa shape index (κ2) is 5.33. The number of rotatable bonds is 4. The number of hydrogen-bond acceptors (Lipinski definition) is 5. The molecular formula is C15H15N3O2. The average molecular weight is 269 g/mol. The molecule has 0 radical (unpaired) electrons. The van der Waals surface area contributed by atoms with Crippen LogP contribution in [0.2, 0.25) is 0 Å². The summed E-state index contributed by atoms with van der Waals surface area (Å²) in [5, 5.41) is 12.7. The molecule has 2 aromatic rings. The molecule has 102 valence electrons. The topological polar surface area (TPSA) is 71.9 Å². The molecule has 0 saturated carbocycles. The number of ether oxygens (including phenoxy) is 1. The smallest absolute Gasteiger partial charge is 0.227 e. The molecule has 0 aliphatic carbocycles. The van der Waals surface area contributed by atoms with Gasteiger partial charge in [0.05, 0.1) is 6.07 Å². The molecule has 0 fully saturated rings. The zero-order valence-electron chi connectivity index (χ0n) is 11.2. The Morgan fingerprint density at radius 2 is 2.30 bits per heavy atom. The van der Waals surface area contributed by atoms with Crippen molar-refractivity contribution in [1.29, 1.82) is 5.26 Å². The zero-order valence-corrected chi connectivity index (χ0v) is 11.2. The Morgan fingerprint density at radius 1 is 1.45 bits per heavy atom. The Hall–Kier alpha value is -2.35. The molecule has 1 aromatic heterocycles. The Bertz CT molecular complexity index is 620. The first kappa shape index (κ1) is 12.7. The lowest BCUT2D eigenvalue weighted by Crippen LogP contribution is -2.06. The van der Waals surface area contributed by atoms with Gasteiger partial charge in [0.2, 0.25) is 11.7 Å². The van der Waals surface area contributed by atoms with Crippen LogP contribution in [0.25, 0.3) is 0 Å². The number of aromatic nitrogens is 2. The van der Waals surface area contributed by atoms with Gasteiger partial charge in [-0.1, -0.05) is 30.3 Å². The molecule has 2 atom stereocenters. The van der Waals surface area contributed by atoms with E-state index in [4.69, 9.17) is 14.5 Å². The van der Waals surface area contributed by atoms with E-state index < -0.39 is 0 Å². The summed E-state index contributed by atoms with van der Waals surface area (Å²) in [6, 6.07) is 10.1. The number of nitrogens with zero attached hydrogens (tertiary/aromatic N) is 3. The van der Waals surface area contributed by atoms with Gasteiger partial charge in [0, 0.05) is 19.3 Å². The minimum Gasteiger partial charge on any atom is -0.482 e. The van der Waals surface area contributed by atoms with Crippen molar-refractivity contribution in [2.24, 2.45) is 5.92 Å². The Kier molecular flexibility index (Phi) is 3.38. The summed E-state index contributed by atoms with van der Waals surface area (Å²) >= 11 is 0. The first-order chi connectivity index (χ1) is 9.76. The Balaban J connectivity index is 1.68. The van der Waals surface area contributed by atoms with Crippen LogP contribution in [0.3, 0.4) is 0 Å². The first-order valence-corrected chi connectivity index (χ1v) is 6.70. The van der Waals surface area contributed by atoms with Crippen molar-refractivity contribution in [1.82, 2.24) is 10.1 Å². The van der Waals surface area contributed by atoms with Crippen LogP contribution in [-0.4, -0.2) is 10.1 Å². The van der Waals surface area contributed by atoms with Crippen LogP contribution in [0.5, 0.6) is 5.75 Å². The van der Waals surface area contributed by atoms with Gasteiger partial charge in [-0.2, -0.15) is 10.2 Å². The maximum atomic E-state index is 8.66. The predicted octanol–water partition coefficient (Wildman–Crippen LogP) is 2.84. The summed E-state index contributed by atoms with van der Waals surface area (Å²) in [6.07, 6.45) is 1.71. The van der Waals surface area contributed by atoms with E-state index in [2.05, 4.69) is 16.2 Å². The minimum atomic E-state index is -0.170. The van der Waals surface area contributed by atoms with E-state index in [-0.39, 0.29) is 12.0 Å². The average Bonchev–Trinajstić information content (AvgIpc) is 3.04. The van der Waals surface area contributed by atoms with Gasteiger partial charge in [0.25, 0.3) is 0 Å². The minimum absolute atomic E-state index is 0.170. The highest BCUT2D eigenvalue weighted by Gasteiger charge is 2.28. The normalized spacial score (nSPS) is 18.1. The van der Waals surface area contributed by atoms with Gasteiger partial charge in [-0.15, -0.1) is 0 Å². The monoisotopic (exact) mass is 269 g/mol. The lowest BCUT2D eigenvalue weighted by atomic mass is 10.1. The van der Waals surface area contributed by atoms with E-state index in [1.54, 1.807) is 0 Å². The number of benzene rings is 1. The van der Waals surface area contributed by atoms with E-state index in [1.807, 2.05) is 31.2 Å². The maximum absolute atomic E-state index is 8.66. The number of para-hydroxylation sites is 1. The fourth-order valence-corrected chi connectivity index (χ4v) is 2.33. The van der Waals surface area contributed by atoms with Gasteiger partial charge >= 0.3 is 0 Å². The van der Waals surface area contributed by atoms with Crippen molar-refractivity contribution < 1.29 is 9.26 Å². The van der Waals surface area contributed by atoms with Gasteiger partial charge in [0.15, 0.2) is 6.10 Å². The quantitative estimate of drug-likeness (QED) is 0.853. The van der Waals surface area contributed by atoms with Crippen molar-refractivity contribution in [3.63, 3.8) is 0 Å². The van der Waals surface area contributed by atoms with E-state index in [0.717, 1.165) is 12.2 Å². The van der Waals surface area contributed by atoms with E-state index in [1.165, 1.54) is 5.56 Å². The molecular weight excluding hydrogens is 254 g/mol. The number of nitriles is 1. The van der Waals surface area contributed by atoms with E-state index in [0.29, 0.717) is 24.6 Å². The van der Waals surface area contributed by atoms with Crippen molar-refractivity contribution in [3.05, 3.63) is 41.5 Å². The SMILES string of the molecule is CC(CC#N)Cc1nc(C2Cc3ccccc3O2)no1. The number of fused-ring (bicyclic) bond motifs is 1. The molecule has 2 unspecified atom stereocenters. The second-order valence-corrected chi connectivity index (χ2v) is 5.14. The summed E-state index contributed by atoms with van der Waals surface area (Å²) in [6.45, 7) is 2.00. The summed E-state index contributed by atoms with van der Waals surface area (Å²) in [4.78, 5) is 4.39. The predicted molar refractivity (Wildman–Crippen MR) is 70.9 cm³/mol. The molecule has 2 heterocycles. The Labute approximate surface area is 117 Å². The van der Waals surface area contributed by atoms with Crippen LogP contribution < -0.4 is 4.74 Å². The first-order valence-electron chi connectivity index (χ1n) is 6.70. The van der Waals surface area contributed by atoms with Gasteiger partial charge < -0.3 is 9.26 Å². The largest absolute Gasteiger partial charge is 0.482 e. The van der Waals surface area contributed by atoms with Crippen molar-refractivity contribution in [2.45, 2.75) is 32.3 Å². The highest BCUT2D eigenvalue weighted by Crippen LogP contribution is 2.35. The van der Waals surface area contributed by atoms with Gasteiger partial charge in [-0.25, -0.2) is 0 Å². The molecule has 1 aliphatic rings. The lowest BCUT2D eigenvalue weighted by Gasteiger charge is -2.04. The fraction of sp³-hybridized carbons (Fsp3) is 0.400. The molecule has 5 heteroatoms. The zero-order chi connectivity index (χ0) is 13.9. The molecule has 0 N–H and O–H groups in total. The fourth-order valence-electron chi connectivity index (χ4n) is 2.33. The maximum Gasteiger partial charge on any atom is 0.227 e. The molecule has 1 aliphatic heterocycles. The Morgan fingerprint density at radius 3 is 3.10 bits per heavy atom. The molecule has 20 heavy (non-hydrogen) atoms. The van der Waals surface area contributed by atoms with Crippen LogP contribution in [0.4, 0.5) is 0 Å². The highest BCUT2D eigenvalue weighted by atomic mass is 16.5. The van der Waals surface area contributed by atoms with Gasteiger partial charge in [0.1, 0.15) is 5.75 Å². The molecule has 0 bridgehead atoms. The van der Waals surface area contributed by atoms with Crippen molar-refractivity contribution in [2.75, 3.05) is 0 Å². The van der Waals surface area contributed by atoms with Crippen LogP contribution in [0, 0.1) is 17.2 Å². The van der Waals surface area contributed by atoms with Crippen LogP contribution in [-0.2, 0) is 12.8 Å². The summed E-state index contributed by atoms with van der Waals surface area (Å²) in [7, 11) is 0. The summed E-state index contributed by atoms with van der Waals surface area (Å²) in [5.74, 6) is 2.26. The summed E-state index contributed by atoms with van der Waals surface area (Å²) < 4.78 is 11.1. The van der Waals surface area contributed by atoms with E-state index >= 15 is 0 Å². The highest BCUT2D eigenvalue weighted by molar-refractivity contribution is 5.37. The third-order valence-corrected chi connectivity index (χ3v) is 3.38.